The quantitative estimate of drug-likeness (QED) is 0.828. The predicted octanol–water partition coefficient (Wildman–Crippen LogP) is 1.87. The number of hydrogen-bond donors (Lipinski definition) is 1. The molecule has 1 aliphatic carbocycles. The summed E-state index contributed by atoms with van der Waals surface area (Å²) in [6.07, 6.45) is 6.71. The first kappa shape index (κ1) is 12.5. The summed E-state index contributed by atoms with van der Waals surface area (Å²) in [5, 5.41) is 0. The molecule has 0 radical (unpaired) electrons. The third kappa shape index (κ3) is 2.34. The van der Waals surface area contributed by atoms with Crippen molar-refractivity contribution in [3.63, 3.8) is 0 Å². The zero-order chi connectivity index (χ0) is 13.5. The van der Waals surface area contributed by atoms with Gasteiger partial charge in [0.2, 0.25) is 0 Å². The summed E-state index contributed by atoms with van der Waals surface area (Å²) >= 11 is 0. The Morgan fingerprint density at radius 2 is 2.37 bits per heavy atom. The molecule has 2 aliphatic rings. The maximum absolute atomic E-state index is 12.1. The highest BCUT2D eigenvalue weighted by Gasteiger charge is 2.43. The summed E-state index contributed by atoms with van der Waals surface area (Å²) in [6.45, 7) is 0.688. The maximum Gasteiger partial charge on any atom is 0.355 e. The molecule has 1 saturated carbocycles. The Hall–Kier alpha value is -1.49. The highest BCUT2D eigenvalue weighted by atomic mass is 16.6. The topological polar surface area (TPSA) is 66.5 Å². The largest absolute Gasteiger partial charge is 0.458 e. The van der Waals surface area contributed by atoms with Crippen molar-refractivity contribution in [1.82, 2.24) is 4.57 Å². The Bertz CT molecular complexity index is 491. The molecule has 1 aromatic rings. The zero-order valence-electron chi connectivity index (χ0n) is 11.2. The summed E-state index contributed by atoms with van der Waals surface area (Å²) in [5.74, 6) is -0.291. The molecule has 2 heterocycles. The standard InChI is InChI=1S/C14H20N2O3/c1-16-9-10(15)7-12(16)13(17)19-11-3-6-18-14(8-11)4-2-5-14/h7,9,11H,2-6,8,15H2,1H3. The number of nitrogen functional groups attached to an aromatic ring is 1. The Morgan fingerprint density at radius 3 is 2.95 bits per heavy atom. The molecule has 1 spiro atoms. The van der Waals surface area contributed by atoms with E-state index in [1.807, 2.05) is 0 Å². The van der Waals surface area contributed by atoms with Crippen LogP contribution in [0, 0.1) is 0 Å². The average Bonchev–Trinajstić information content (AvgIpc) is 2.67. The van der Waals surface area contributed by atoms with Crippen molar-refractivity contribution < 1.29 is 14.3 Å². The first-order valence-corrected chi connectivity index (χ1v) is 6.85. The molecule has 0 aromatic carbocycles. The first-order chi connectivity index (χ1) is 9.08. The monoisotopic (exact) mass is 264 g/mol. The van der Waals surface area contributed by atoms with E-state index in [1.54, 1.807) is 23.9 Å². The van der Waals surface area contributed by atoms with Crippen molar-refractivity contribution in [3.05, 3.63) is 18.0 Å². The Labute approximate surface area is 112 Å². The van der Waals surface area contributed by atoms with Gasteiger partial charge in [-0.1, -0.05) is 0 Å². The number of ether oxygens (including phenoxy) is 2. The van der Waals surface area contributed by atoms with Gasteiger partial charge in [-0.3, -0.25) is 0 Å². The second-order valence-electron chi connectivity index (χ2n) is 5.67. The molecule has 1 aromatic heterocycles. The third-order valence-electron chi connectivity index (χ3n) is 4.22. The van der Waals surface area contributed by atoms with Gasteiger partial charge in [0, 0.05) is 26.1 Å². The van der Waals surface area contributed by atoms with Crippen molar-refractivity contribution >= 4 is 11.7 Å². The number of esters is 1. The molecular weight excluding hydrogens is 244 g/mol. The van der Waals surface area contributed by atoms with Crippen LogP contribution < -0.4 is 5.73 Å². The SMILES string of the molecule is Cn1cc(N)cc1C(=O)OC1CCOC2(CCC2)C1. The second kappa shape index (κ2) is 4.56. The number of carbonyl (C=O) groups is 1. The molecule has 19 heavy (non-hydrogen) atoms. The summed E-state index contributed by atoms with van der Waals surface area (Å²) in [7, 11) is 1.80. The van der Waals surface area contributed by atoms with Crippen molar-refractivity contribution in [2.75, 3.05) is 12.3 Å². The molecule has 5 nitrogen and oxygen atoms in total. The molecule has 2 fully saturated rings. The van der Waals surface area contributed by atoms with Gasteiger partial charge < -0.3 is 19.8 Å². The molecule has 104 valence electrons. The number of rotatable bonds is 2. The summed E-state index contributed by atoms with van der Waals surface area (Å²) < 4.78 is 13.1. The molecule has 2 N–H and O–H groups in total. The normalized spacial score (nSPS) is 25.0. The highest BCUT2D eigenvalue weighted by Crippen LogP contribution is 2.43. The number of hydrogen-bond acceptors (Lipinski definition) is 4. The lowest BCUT2D eigenvalue weighted by Gasteiger charge is -2.46. The lowest BCUT2D eigenvalue weighted by molar-refractivity contribution is -0.159. The Balaban J connectivity index is 1.64. The van der Waals surface area contributed by atoms with E-state index < -0.39 is 0 Å². The third-order valence-corrected chi connectivity index (χ3v) is 4.22. The minimum Gasteiger partial charge on any atom is -0.458 e. The van der Waals surface area contributed by atoms with Crippen molar-refractivity contribution in [1.29, 1.82) is 0 Å². The number of nitrogens with zero attached hydrogens (tertiary/aromatic N) is 1. The predicted molar refractivity (Wildman–Crippen MR) is 70.8 cm³/mol. The molecular formula is C14H20N2O3. The van der Waals surface area contributed by atoms with Gasteiger partial charge in [0.15, 0.2) is 0 Å². The van der Waals surface area contributed by atoms with E-state index in [4.69, 9.17) is 15.2 Å². The Morgan fingerprint density at radius 1 is 1.58 bits per heavy atom. The van der Waals surface area contributed by atoms with Crippen LogP contribution in [0.25, 0.3) is 0 Å². The van der Waals surface area contributed by atoms with Crippen LogP contribution in [-0.4, -0.2) is 28.8 Å². The number of aryl methyl sites for hydroxylation is 1. The molecule has 5 heteroatoms. The summed E-state index contributed by atoms with van der Waals surface area (Å²) in [6, 6.07) is 1.65. The smallest absolute Gasteiger partial charge is 0.355 e. The maximum atomic E-state index is 12.1. The fraction of sp³-hybridized carbons (Fsp3) is 0.643. The minimum atomic E-state index is -0.291. The molecule has 3 rings (SSSR count). The van der Waals surface area contributed by atoms with Crippen molar-refractivity contribution in [3.8, 4) is 0 Å². The van der Waals surface area contributed by atoms with Crippen LogP contribution in [-0.2, 0) is 16.5 Å². The van der Waals surface area contributed by atoms with Crippen LogP contribution in [0.2, 0.25) is 0 Å². The lowest BCUT2D eigenvalue weighted by atomic mass is 9.74. The highest BCUT2D eigenvalue weighted by molar-refractivity contribution is 5.89. The van der Waals surface area contributed by atoms with E-state index in [1.165, 1.54) is 6.42 Å². The molecule has 0 amide bonds. The van der Waals surface area contributed by atoms with Crippen LogP contribution in [0.4, 0.5) is 5.69 Å². The van der Waals surface area contributed by atoms with E-state index in [-0.39, 0.29) is 17.7 Å². The molecule has 0 bridgehead atoms. The molecule has 1 aliphatic heterocycles. The lowest BCUT2D eigenvalue weighted by Crippen LogP contribution is -2.48. The average molecular weight is 264 g/mol. The number of nitrogens with two attached hydrogens (primary N) is 1. The summed E-state index contributed by atoms with van der Waals surface area (Å²) in [4.78, 5) is 12.1. The number of anilines is 1. The number of carbonyl (C=O) groups excluding carboxylic acids is 1. The van der Waals surface area contributed by atoms with Crippen molar-refractivity contribution in [2.45, 2.75) is 43.8 Å². The van der Waals surface area contributed by atoms with Gasteiger partial charge in [0.05, 0.1) is 17.9 Å². The van der Waals surface area contributed by atoms with Crippen LogP contribution in [0.5, 0.6) is 0 Å². The molecule has 1 unspecified atom stereocenters. The van der Waals surface area contributed by atoms with Gasteiger partial charge in [-0.15, -0.1) is 0 Å². The van der Waals surface area contributed by atoms with E-state index >= 15 is 0 Å². The van der Waals surface area contributed by atoms with E-state index in [9.17, 15) is 4.79 Å². The molecule has 1 saturated heterocycles. The van der Waals surface area contributed by atoms with E-state index in [0.717, 1.165) is 25.7 Å². The van der Waals surface area contributed by atoms with Crippen LogP contribution in [0.3, 0.4) is 0 Å². The van der Waals surface area contributed by atoms with Gasteiger partial charge in [-0.2, -0.15) is 0 Å². The van der Waals surface area contributed by atoms with Crippen LogP contribution >= 0.6 is 0 Å². The number of aromatic nitrogens is 1. The van der Waals surface area contributed by atoms with Gasteiger partial charge >= 0.3 is 5.97 Å². The van der Waals surface area contributed by atoms with Gasteiger partial charge in [-0.05, 0) is 25.3 Å². The molecule has 1 atom stereocenters. The van der Waals surface area contributed by atoms with Gasteiger partial charge in [-0.25, -0.2) is 4.79 Å². The van der Waals surface area contributed by atoms with E-state index in [2.05, 4.69) is 0 Å². The fourth-order valence-electron chi connectivity index (χ4n) is 3.01. The first-order valence-electron chi connectivity index (χ1n) is 6.85. The van der Waals surface area contributed by atoms with Crippen LogP contribution in [0.15, 0.2) is 12.3 Å². The van der Waals surface area contributed by atoms with Crippen molar-refractivity contribution in [2.24, 2.45) is 7.05 Å². The second-order valence-corrected chi connectivity index (χ2v) is 5.67. The van der Waals surface area contributed by atoms with Gasteiger partial charge in [0.1, 0.15) is 11.8 Å². The van der Waals surface area contributed by atoms with Gasteiger partial charge in [0.25, 0.3) is 0 Å². The zero-order valence-corrected chi connectivity index (χ0v) is 11.2. The fourth-order valence-corrected chi connectivity index (χ4v) is 3.01. The van der Waals surface area contributed by atoms with Crippen LogP contribution in [0.1, 0.15) is 42.6 Å². The Kier molecular flexibility index (Phi) is 3.01. The summed E-state index contributed by atoms with van der Waals surface area (Å²) in [5.41, 5.74) is 6.76. The minimum absolute atomic E-state index is 0.00354. The van der Waals surface area contributed by atoms with E-state index in [0.29, 0.717) is 18.0 Å².